The lowest BCUT2D eigenvalue weighted by Crippen LogP contribution is -2.13. The number of fused-ring (bicyclic) bond motifs is 1. The van der Waals surface area contributed by atoms with Crippen LogP contribution in [0.2, 0.25) is 0 Å². The number of carbonyl (C=O) groups excluding carboxylic acids is 1. The maximum absolute atomic E-state index is 14.3. The van der Waals surface area contributed by atoms with Gasteiger partial charge in [0.25, 0.3) is 5.91 Å². The van der Waals surface area contributed by atoms with Gasteiger partial charge in [-0.1, -0.05) is 0 Å². The van der Waals surface area contributed by atoms with Gasteiger partial charge in [-0.25, -0.2) is 4.39 Å². The van der Waals surface area contributed by atoms with Gasteiger partial charge >= 0.3 is 5.97 Å². The van der Waals surface area contributed by atoms with Crippen LogP contribution in [-0.4, -0.2) is 34.9 Å². The van der Waals surface area contributed by atoms with Crippen LogP contribution >= 0.6 is 23.1 Å². The molecule has 0 fully saturated rings. The molecule has 0 bridgehead atoms. The van der Waals surface area contributed by atoms with Crippen molar-refractivity contribution >= 4 is 45.9 Å². The minimum atomic E-state index is -1.02. The molecular formula is C18H16FNO4S2. The number of halogens is 1. The smallest absolute Gasteiger partial charge is 0.307 e. The molecule has 8 heteroatoms. The first kappa shape index (κ1) is 18.5. The number of benzene rings is 1. The Morgan fingerprint density at radius 3 is 2.65 bits per heavy atom. The highest BCUT2D eigenvalue weighted by atomic mass is 32.2. The Kier molecular flexibility index (Phi) is 5.06. The van der Waals surface area contributed by atoms with Crippen molar-refractivity contribution in [3.05, 3.63) is 46.2 Å². The summed E-state index contributed by atoms with van der Waals surface area (Å²) in [7, 11) is 1.34. The van der Waals surface area contributed by atoms with E-state index >= 15 is 0 Å². The summed E-state index contributed by atoms with van der Waals surface area (Å²) >= 11 is 2.88. The van der Waals surface area contributed by atoms with Crippen LogP contribution in [0.15, 0.2) is 28.5 Å². The molecule has 0 aliphatic carbocycles. The van der Waals surface area contributed by atoms with E-state index in [1.54, 1.807) is 13.0 Å². The van der Waals surface area contributed by atoms with Gasteiger partial charge in [0.05, 0.1) is 28.1 Å². The minimum absolute atomic E-state index is 0.00882. The van der Waals surface area contributed by atoms with Gasteiger partial charge in [0.15, 0.2) is 11.6 Å². The fraction of sp³-hybridized carbons (Fsp3) is 0.222. The summed E-state index contributed by atoms with van der Waals surface area (Å²) < 4.78 is 21.6. The summed E-state index contributed by atoms with van der Waals surface area (Å²) in [5.74, 6) is -1.93. The molecule has 0 unspecified atom stereocenters. The van der Waals surface area contributed by atoms with Crippen LogP contribution in [0.1, 0.15) is 20.9 Å². The van der Waals surface area contributed by atoms with Gasteiger partial charge in [0.2, 0.25) is 0 Å². The topological polar surface area (TPSA) is 68.5 Å². The van der Waals surface area contributed by atoms with E-state index in [2.05, 4.69) is 0 Å². The summed E-state index contributed by atoms with van der Waals surface area (Å²) in [4.78, 5) is 24.8. The van der Waals surface area contributed by atoms with E-state index in [4.69, 9.17) is 4.74 Å². The minimum Gasteiger partial charge on any atom is -0.494 e. The first-order chi connectivity index (χ1) is 12.4. The molecule has 0 spiro atoms. The Morgan fingerprint density at radius 2 is 2.08 bits per heavy atom. The fourth-order valence-electron chi connectivity index (χ4n) is 2.93. The van der Waals surface area contributed by atoms with Crippen molar-refractivity contribution in [2.75, 3.05) is 13.4 Å². The van der Waals surface area contributed by atoms with Crippen molar-refractivity contribution < 1.29 is 23.8 Å². The van der Waals surface area contributed by atoms with E-state index in [9.17, 15) is 19.1 Å². The zero-order chi connectivity index (χ0) is 19.0. The number of hydrogen-bond acceptors (Lipinski definition) is 5. The second kappa shape index (κ2) is 7.13. The molecule has 3 aromatic rings. The number of rotatable bonds is 5. The van der Waals surface area contributed by atoms with Crippen LogP contribution in [0.5, 0.6) is 5.75 Å². The van der Waals surface area contributed by atoms with E-state index in [0.717, 1.165) is 4.21 Å². The summed E-state index contributed by atoms with van der Waals surface area (Å²) in [5, 5.41) is 9.73. The van der Waals surface area contributed by atoms with Crippen molar-refractivity contribution in [2.24, 2.45) is 0 Å². The Bertz CT molecular complexity index is 1020. The number of aromatic nitrogens is 1. The number of nitrogens with zero attached hydrogens (tertiary/aromatic N) is 1. The van der Waals surface area contributed by atoms with E-state index in [-0.39, 0.29) is 18.1 Å². The normalized spacial score (nSPS) is 11.1. The molecular weight excluding hydrogens is 377 g/mol. The zero-order valence-corrected chi connectivity index (χ0v) is 16.0. The van der Waals surface area contributed by atoms with E-state index < -0.39 is 11.8 Å². The standard InChI is InChI=1S/C18H16FNO4S2/c1-9-10(7-16(21)22)11-6-14(24-2)12(19)8-13(11)20(9)18(23)15-4-5-17(25-3)26-15/h4-6,8H,7H2,1-3H3,(H,21,22). The quantitative estimate of drug-likeness (QED) is 0.658. The first-order valence-corrected chi connectivity index (χ1v) is 9.69. The number of thiophene rings is 1. The van der Waals surface area contributed by atoms with Gasteiger partial charge in [0.1, 0.15) is 0 Å². The Labute approximate surface area is 157 Å². The molecule has 5 nitrogen and oxygen atoms in total. The average Bonchev–Trinajstić information content (AvgIpc) is 3.17. The lowest BCUT2D eigenvalue weighted by molar-refractivity contribution is -0.136. The number of hydrogen-bond donors (Lipinski definition) is 1. The lowest BCUT2D eigenvalue weighted by Gasteiger charge is -2.06. The molecule has 26 heavy (non-hydrogen) atoms. The summed E-state index contributed by atoms with van der Waals surface area (Å²) in [6, 6.07) is 6.24. The van der Waals surface area contributed by atoms with E-state index in [1.807, 2.05) is 12.3 Å². The molecule has 1 N–H and O–H groups in total. The highest BCUT2D eigenvalue weighted by molar-refractivity contribution is 8.00. The van der Waals surface area contributed by atoms with Gasteiger partial charge in [0, 0.05) is 17.1 Å². The predicted octanol–water partition coefficient (Wildman–Crippen LogP) is 4.20. The number of methoxy groups -OCH3 is 1. The monoisotopic (exact) mass is 393 g/mol. The van der Waals surface area contributed by atoms with Crippen LogP contribution in [0.3, 0.4) is 0 Å². The van der Waals surface area contributed by atoms with Crippen LogP contribution in [0.4, 0.5) is 4.39 Å². The van der Waals surface area contributed by atoms with Crippen molar-refractivity contribution in [3.63, 3.8) is 0 Å². The van der Waals surface area contributed by atoms with Gasteiger partial charge < -0.3 is 9.84 Å². The van der Waals surface area contributed by atoms with Crippen molar-refractivity contribution in [2.45, 2.75) is 17.6 Å². The van der Waals surface area contributed by atoms with Crippen molar-refractivity contribution in [1.82, 2.24) is 4.57 Å². The largest absolute Gasteiger partial charge is 0.494 e. The molecule has 0 aliphatic rings. The SMILES string of the molecule is COc1cc2c(CC(=O)O)c(C)n(C(=O)c3ccc(SC)s3)c2cc1F. The second-order valence-corrected chi connectivity index (χ2v) is 7.79. The van der Waals surface area contributed by atoms with Crippen LogP contribution < -0.4 is 4.74 Å². The highest BCUT2D eigenvalue weighted by Crippen LogP contribution is 2.34. The van der Waals surface area contributed by atoms with Gasteiger partial charge in [-0.2, -0.15) is 0 Å². The summed E-state index contributed by atoms with van der Waals surface area (Å²) in [6.45, 7) is 1.67. The molecule has 136 valence electrons. The third-order valence-corrected chi connectivity index (χ3v) is 6.29. The van der Waals surface area contributed by atoms with Crippen molar-refractivity contribution in [3.8, 4) is 5.75 Å². The van der Waals surface area contributed by atoms with Crippen LogP contribution in [-0.2, 0) is 11.2 Å². The lowest BCUT2D eigenvalue weighted by atomic mass is 10.1. The molecule has 0 atom stereocenters. The van der Waals surface area contributed by atoms with E-state index in [0.29, 0.717) is 27.0 Å². The summed E-state index contributed by atoms with van der Waals surface area (Å²) in [6.07, 6.45) is 1.65. The maximum atomic E-state index is 14.3. The third kappa shape index (κ3) is 3.10. The molecule has 0 saturated heterocycles. The van der Waals surface area contributed by atoms with E-state index in [1.165, 1.54) is 46.9 Å². The zero-order valence-electron chi connectivity index (χ0n) is 14.3. The predicted molar refractivity (Wildman–Crippen MR) is 100 cm³/mol. The highest BCUT2D eigenvalue weighted by Gasteiger charge is 2.24. The average molecular weight is 393 g/mol. The van der Waals surface area contributed by atoms with Crippen molar-refractivity contribution in [1.29, 1.82) is 0 Å². The van der Waals surface area contributed by atoms with Crippen LogP contribution in [0.25, 0.3) is 10.9 Å². The molecule has 3 rings (SSSR count). The summed E-state index contributed by atoms with van der Waals surface area (Å²) in [5.41, 5.74) is 1.29. The first-order valence-electron chi connectivity index (χ1n) is 7.65. The number of aliphatic carboxylic acids is 1. The molecule has 1 aromatic carbocycles. The molecule has 2 aromatic heterocycles. The molecule has 0 radical (unpaired) electrons. The second-order valence-electron chi connectivity index (χ2n) is 5.60. The molecule has 0 saturated carbocycles. The number of carboxylic acids is 1. The third-order valence-electron chi connectivity index (χ3n) is 4.13. The van der Waals surface area contributed by atoms with Crippen LogP contribution in [0, 0.1) is 12.7 Å². The number of carbonyl (C=O) groups is 2. The fourth-order valence-corrected chi connectivity index (χ4v) is 4.40. The molecule has 0 aliphatic heterocycles. The number of thioether (sulfide) groups is 1. The number of carboxylic acid groups (broad SMARTS) is 1. The van der Waals surface area contributed by atoms with Gasteiger partial charge in [-0.3, -0.25) is 14.2 Å². The maximum Gasteiger partial charge on any atom is 0.307 e. The Balaban J connectivity index is 2.26. The van der Waals surface area contributed by atoms with Gasteiger partial charge in [-0.05, 0) is 36.9 Å². The Morgan fingerprint density at radius 1 is 1.35 bits per heavy atom. The number of ether oxygens (including phenoxy) is 1. The Hall–Kier alpha value is -2.32. The van der Waals surface area contributed by atoms with Gasteiger partial charge in [-0.15, -0.1) is 23.1 Å². The molecule has 0 amide bonds. The molecule has 2 heterocycles.